The zero-order valence-corrected chi connectivity index (χ0v) is 13.9. The molecule has 2 aromatic carbocycles. The Morgan fingerprint density at radius 2 is 1.74 bits per heavy atom. The van der Waals surface area contributed by atoms with Crippen LogP contribution in [-0.2, 0) is 10.0 Å². The molecule has 0 aliphatic carbocycles. The molecule has 0 fully saturated rings. The molecule has 0 saturated heterocycles. The SMILES string of the molecule is COc1ccc(C=NNS(=O)(=O)c2ccc(C)cc2)c(OC)c1. The fraction of sp³-hybridized carbons (Fsp3) is 0.188. The van der Waals surface area contributed by atoms with Gasteiger partial charge in [-0.1, -0.05) is 17.7 Å². The van der Waals surface area contributed by atoms with Gasteiger partial charge in [-0.3, -0.25) is 0 Å². The largest absolute Gasteiger partial charge is 0.497 e. The Balaban J connectivity index is 2.16. The molecule has 0 amide bonds. The van der Waals surface area contributed by atoms with Gasteiger partial charge in [0.2, 0.25) is 0 Å². The summed E-state index contributed by atoms with van der Waals surface area (Å²) in [6.07, 6.45) is 1.38. The van der Waals surface area contributed by atoms with Crippen LogP contribution in [0.5, 0.6) is 11.5 Å². The van der Waals surface area contributed by atoms with E-state index in [1.807, 2.05) is 6.92 Å². The Morgan fingerprint density at radius 3 is 2.35 bits per heavy atom. The number of benzene rings is 2. The van der Waals surface area contributed by atoms with Gasteiger partial charge in [-0.15, -0.1) is 0 Å². The first-order valence-corrected chi connectivity index (χ1v) is 8.28. The van der Waals surface area contributed by atoms with E-state index in [1.165, 1.54) is 25.5 Å². The highest BCUT2D eigenvalue weighted by molar-refractivity contribution is 7.89. The molecule has 122 valence electrons. The Bertz CT molecular complexity index is 799. The molecule has 1 N–H and O–H groups in total. The molecule has 0 radical (unpaired) electrons. The maximum Gasteiger partial charge on any atom is 0.276 e. The first kappa shape index (κ1) is 16.8. The number of hydrogen-bond acceptors (Lipinski definition) is 5. The lowest BCUT2D eigenvalue weighted by Gasteiger charge is -2.07. The van der Waals surface area contributed by atoms with E-state index in [-0.39, 0.29) is 4.90 Å². The number of ether oxygens (including phenoxy) is 2. The molecule has 0 aliphatic heterocycles. The second-order valence-corrected chi connectivity index (χ2v) is 6.43. The zero-order valence-electron chi connectivity index (χ0n) is 13.1. The van der Waals surface area contributed by atoms with Crippen LogP contribution in [0.15, 0.2) is 52.5 Å². The van der Waals surface area contributed by atoms with Crippen molar-refractivity contribution in [2.75, 3.05) is 14.2 Å². The molecule has 0 spiro atoms. The van der Waals surface area contributed by atoms with Gasteiger partial charge in [0, 0.05) is 11.6 Å². The van der Waals surface area contributed by atoms with Crippen molar-refractivity contribution in [2.45, 2.75) is 11.8 Å². The smallest absolute Gasteiger partial charge is 0.276 e. The number of aryl methyl sites for hydroxylation is 1. The molecule has 0 aliphatic rings. The maximum atomic E-state index is 12.1. The standard InChI is InChI=1S/C16H18N2O4S/c1-12-4-8-15(9-5-12)23(19,20)18-17-11-13-6-7-14(21-2)10-16(13)22-3/h4-11,18H,1-3H3. The number of nitrogens with one attached hydrogen (secondary N) is 1. The van der Waals surface area contributed by atoms with Crippen LogP contribution in [0.1, 0.15) is 11.1 Å². The summed E-state index contributed by atoms with van der Waals surface area (Å²) in [5, 5.41) is 3.79. The second-order valence-electron chi connectivity index (χ2n) is 4.77. The van der Waals surface area contributed by atoms with E-state index in [4.69, 9.17) is 9.47 Å². The van der Waals surface area contributed by atoms with Crippen LogP contribution in [0.3, 0.4) is 0 Å². The lowest BCUT2D eigenvalue weighted by Crippen LogP contribution is -2.18. The van der Waals surface area contributed by atoms with Crippen LogP contribution >= 0.6 is 0 Å². The van der Waals surface area contributed by atoms with Gasteiger partial charge in [-0.05, 0) is 31.2 Å². The van der Waals surface area contributed by atoms with Crippen molar-refractivity contribution >= 4 is 16.2 Å². The molecular weight excluding hydrogens is 316 g/mol. The molecule has 0 heterocycles. The summed E-state index contributed by atoms with van der Waals surface area (Å²) in [7, 11) is -0.623. The average Bonchev–Trinajstić information content (AvgIpc) is 2.55. The topological polar surface area (TPSA) is 77.0 Å². The van der Waals surface area contributed by atoms with Crippen molar-refractivity contribution in [1.29, 1.82) is 0 Å². The first-order chi connectivity index (χ1) is 11.0. The van der Waals surface area contributed by atoms with Crippen molar-refractivity contribution in [3.63, 3.8) is 0 Å². The van der Waals surface area contributed by atoms with Crippen molar-refractivity contribution < 1.29 is 17.9 Å². The lowest BCUT2D eigenvalue weighted by molar-refractivity contribution is 0.394. The Kier molecular flexibility index (Phi) is 5.23. The van der Waals surface area contributed by atoms with Gasteiger partial charge in [0.05, 0.1) is 25.3 Å². The van der Waals surface area contributed by atoms with Gasteiger partial charge in [-0.2, -0.15) is 13.5 Å². The van der Waals surface area contributed by atoms with E-state index in [2.05, 4.69) is 9.93 Å². The van der Waals surface area contributed by atoms with Gasteiger partial charge in [-0.25, -0.2) is 4.83 Å². The van der Waals surface area contributed by atoms with Gasteiger partial charge >= 0.3 is 0 Å². The van der Waals surface area contributed by atoms with Crippen LogP contribution < -0.4 is 14.3 Å². The van der Waals surface area contributed by atoms with E-state index in [0.717, 1.165) is 5.56 Å². The highest BCUT2D eigenvalue weighted by atomic mass is 32.2. The van der Waals surface area contributed by atoms with E-state index in [9.17, 15) is 8.42 Å². The molecule has 0 bridgehead atoms. The summed E-state index contributed by atoms with van der Waals surface area (Å²) in [6.45, 7) is 1.89. The maximum absolute atomic E-state index is 12.1. The zero-order chi connectivity index (χ0) is 16.9. The lowest BCUT2D eigenvalue weighted by atomic mass is 10.2. The molecule has 23 heavy (non-hydrogen) atoms. The van der Waals surface area contributed by atoms with E-state index < -0.39 is 10.0 Å². The number of rotatable bonds is 6. The van der Waals surface area contributed by atoms with Gasteiger partial charge in [0.25, 0.3) is 10.0 Å². The number of hydrogen-bond donors (Lipinski definition) is 1. The first-order valence-electron chi connectivity index (χ1n) is 6.80. The monoisotopic (exact) mass is 334 g/mol. The number of nitrogens with zero attached hydrogens (tertiary/aromatic N) is 1. The quantitative estimate of drug-likeness (QED) is 0.650. The molecule has 0 unspecified atom stereocenters. The summed E-state index contributed by atoms with van der Waals surface area (Å²) in [6, 6.07) is 11.7. The molecule has 6 nitrogen and oxygen atoms in total. The molecule has 2 aromatic rings. The predicted octanol–water partition coefficient (Wildman–Crippen LogP) is 2.32. The third-order valence-corrected chi connectivity index (χ3v) is 4.39. The fourth-order valence-corrected chi connectivity index (χ4v) is 2.65. The molecular formula is C16H18N2O4S. The molecule has 2 rings (SSSR count). The van der Waals surface area contributed by atoms with E-state index >= 15 is 0 Å². The minimum atomic E-state index is -3.69. The molecule has 0 atom stereocenters. The summed E-state index contributed by atoms with van der Waals surface area (Å²) in [5.74, 6) is 1.17. The summed E-state index contributed by atoms with van der Waals surface area (Å²) >= 11 is 0. The highest BCUT2D eigenvalue weighted by Crippen LogP contribution is 2.23. The number of methoxy groups -OCH3 is 2. The minimum absolute atomic E-state index is 0.155. The van der Waals surface area contributed by atoms with Gasteiger partial charge in [0.1, 0.15) is 11.5 Å². The third kappa shape index (κ3) is 4.23. The van der Waals surface area contributed by atoms with Crippen LogP contribution in [-0.4, -0.2) is 28.9 Å². The summed E-state index contributed by atoms with van der Waals surface area (Å²) < 4.78 is 34.5. The highest BCUT2D eigenvalue weighted by Gasteiger charge is 2.12. The van der Waals surface area contributed by atoms with Crippen LogP contribution in [0.2, 0.25) is 0 Å². The predicted molar refractivity (Wildman–Crippen MR) is 88.6 cm³/mol. The van der Waals surface area contributed by atoms with Gasteiger partial charge in [0.15, 0.2) is 0 Å². The number of sulfonamides is 1. The minimum Gasteiger partial charge on any atom is -0.497 e. The van der Waals surface area contributed by atoms with Gasteiger partial charge < -0.3 is 9.47 Å². The van der Waals surface area contributed by atoms with Crippen molar-refractivity contribution in [3.05, 3.63) is 53.6 Å². The van der Waals surface area contributed by atoms with Crippen LogP contribution in [0, 0.1) is 6.92 Å². The molecule has 7 heteroatoms. The Morgan fingerprint density at radius 1 is 1.04 bits per heavy atom. The average molecular weight is 334 g/mol. The molecule has 0 saturated carbocycles. The third-order valence-electron chi connectivity index (χ3n) is 3.15. The van der Waals surface area contributed by atoms with Crippen molar-refractivity contribution in [1.82, 2.24) is 4.83 Å². The number of hydrazone groups is 1. The van der Waals surface area contributed by atoms with E-state index in [1.54, 1.807) is 37.4 Å². The van der Waals surface area contributed by atoms with E-state index in [0.29, 0.717) is 17.1 Å². The van der Waals surface area contributed by atoms with Crippen molar-refractivity contribution in [3.8, 4) is 11.5 Å². The summed E-state index contributed by atoms with van der Waals surface area (Å²) in [4.78, 5) is 2.33. The van der Waals surface area contributed by atoms with Crippen LogP contribution in [0.25, 0.3) is 0 Å². The fourth-order valence-electron chi connectivity index (χ4n) is 1.86. The Hall–Kier alpha value is -2.54. The van der Waals surface area contributed by atoms with Crippen molar-refractivity contribution in [2.24, 2.45) is 5.10 Å². The second kappa shape index (κ2) is 7.15. The normalized spacial score (nSPS) is 11.4. The Labute approximate surface area is 135 Å². The summed E-state index contributed by atoms with van der Waals surface area (Å²) in [5.41, 5.74) is 1.61. The molecule has 0 aromatic heterocycles. The van der Waals surface area contributed by atoms with Crippen LogP contribution in [0.4, 0.5) is 0 Å².